The number of carbonyl (C=O) groups excluding carboxylic acids is 2. The van der Waals surface area contributed by atoms with Crippen molar-refractivity contribution in [2.75, 3.05) is 25.5 Å². The van der Waals surface area contributed by atoms with Crippen molar-refractivity contribution in [1.29, 1.82) is 0 Å². The summed E-state index contributed by atoms with van der Waals surface area (Å²) in [4.78, 5) is 25.2. The number of carbonyl (C=O) groups is 2. The lowest BCUT2D eigenvalue weighted by Crippen LogP contribution is -2.54. The van der Waals surface area contributed by atoms with E-state index in [2.05, 4.69) is 21.7 Å². The van der Waals surface area contributed by atoms with Gasteiger partial charge in [0.15, 0.2) is 17.4 Å². The fourth-order valence-electron chi connectivity index (χ4n) is 4.85. The average Bonchev–Trinajstić information content (AvgIpc) is 3.35. The molecule has 0 saturated carbocycles. The minimum atomic E-state index is -1.63. The van der Waals surface area contributed by atoms with Crippen LogP contribution in [0.2, 0.25) is 0 Å². The molecule has 2 atom stereocenters. The highest BCUT2D eigenvalue weighted by atomic mass is 19.1. The second-order valence-electron chi connectivity index (χ2n) is 9.28. The predicted molar refractivity (Wildman–Crippen MR) is 138 cm³/mol. The van der Waals surface area contributed by atoms with Gasteiger partial charge in [0.2, 0.25) is 0 Å². The number of nitrogens with two attached hydrogens (primary N) is 1. The summed E-state index contributed by atoms with van der Waals surface area (Å²) in [6.07, 6.45) is 0.459. The number of phenolic OH excluding ortho intramolecular Hbond substituents is 1. The number of benzene rings is 2. The molecule has 206 valence electrons. The number of anilines is 1. The number of aromatic nitrogens is 2. The zero-order valence-corrected chi connectivity index (χ0v) is 21.2. The maximum Gasteiger partial charge on any atom is 0.412 e. The van der Waals surface area contributed by atoms with Crippen LogP contribution in [0.15, 0.2) is 55.3 Å². The summed E-state index contributed by atoms with van der Waals surface area (Å²) < 4.78 is 51.9. The number of aromatic hydroxyl groups is 1. The van der Waals surface area contributed by atoms with Gasteiger partial charge in [0.1, 0.15) is 17.6 Å². The maximum atomic E-state index is 15.9. The summed E-state index contributed by atoms with van der Waals surface area (Å²) in [6, 6.07) is 9.42. The number of alkyl halides is 1. The van der Waals surface area contributed by atoms with E-state index >= 15 is 13.2 Å². The molecule has 2 amide bonds. The van der Waals surface area contributed by atoms with Crippen LogP contribution in [0.5, 0.6) is 5.75 Å². The molecule has 39 heavy (non-hydrogen) atoms. The van der Waals surface area contributed by atoms with Crippen LogP contribution in [0.25, 0.3) is 11.1 Å². The summed E-state index contributed by atoms with van der Waals surface area (Å²) in [7, 11) is 1.13. The minimum Gasteiger partial charge on any atom is -0.504 e. The number of primary amides is 1. The third-order valence-corrected chi connectivity index (χ3v) is 6.96. The molecular formula is C27H28F3N5O4. The fourth-order valence-corrected chi connectivity index (χ4v) is 4.85. The SMILES string of the molecule is C=CCC1(n2cc(C(N)=O)c(NC(=O)OC)n2)CCN(Cc2c(F)cc(-c3ccccc3)c(O)c2F)CC1F. The summed E-state index contributed by atoms with van der Waals surface area (Å²) in [5, 5.41) is 17.0. The highest BCUT2D eigenvalue weighted by Crippen LogP contribution is 2.39. The molecule has 4 rings (SSSR count). The number of phenols is 1. The van der Waals surface area contributed by atoms with Crippen LogP contribution in [-0.2, 0) is 16.8 Å². The third-order valence-electron chi connectivity index (χ3n) is 6.96. The Morgan fingerprint density at radius 1 is 1.33 bits per heavy atom. The topological polar surface area (TPSA) is 123 Å². The van der Waals surface area contributed by atoms with Gasteiger partial charge in [-0.15, -0.1) is 6.58 Å². The van der Waals surface area contributed by atoms with Crippen LogP contribution in [-0.4, -0.2) is 58.2 Å². The Balaban J connectivity index is 1.60. The quantitative estimate of drug-likeness (QED) is 0.364. The molecule has 4 N–H and O–H groups in total. The number of nitrogens with one attached hydrogen (secondary N) is 1. The van der Waals surface area contributed by atoms with Crippen LogP contribution >= 0.6 is 0 Å². The highest BCUT2D eigenvalue weighted by Gasteiger charge is 2.46. The Morgan fingerprint density at radius 2 is 2.05 bits per heavy atom. The van der Waals surface area contributed by atoms with Gasteiger partial charge in [0, 0.05) is 37.0 Å². The van der Waals surface area contributed by atoms with E-state index in [-0.39, 0.29) is 55.0 Å². The van der Waals surface area contributed by atoms with E-state index in [1.54, 1.807) is 30.3 Å². The largest absolute Gasteiger partial charge is 0.504 e. The van der Waals surface area contributed by atoms with Crippen LogP contribution in [0.4, 0.5) is 23.8 Å². The lowest BCUT2D eigenvalue weighted by molar-refractivity contribution is 0.00516. The molecule has 0 aliphatic carbocycles. The molecule has 1 aliphatic heterocycles. The van der Waals surface area contributed by atoms with Gasteiger partial charge in [-0.3, -0.25) is 19.7 Å². The maximum absolute atomic E-state index is 15.9. The first-order valence-corrected chi connectivity index (χ1v) is 12.1. The van der Waals surface area contributed by atoms with Crippen LogP contribution in [0, 0.1) is 11.6 Å². The van der Waals surface area contributed by atoms with Crippen LogP contribution in [0.3, 0.4) is 0 Å². The van der Waals surface area contributed by atoms with Gasteiger partial charge in [-0.2, -0.15) is 5.10 Å². The van der Waals surface area contributed by atoms with Crippen molar-refractivity contribution in [2.45, 2.75) is 31.1 Å². The molecule has 1 aliphatic rings. The van der Waals surface area contributed by atoms with Gasteiger partial charge in [0.25, 0.3) is 5.91 Å². The standard InChI is InChI=1S/C27H28F3N5O4/c1-3-9-27(35-14-19(24(31)37)25(33-35)32-26(38)39-2)10-11-34(15-21(27)29)13-18-20(28)12-17(23(36)22(18)30)16-7-5-4-6-8-16/h3-8,12,14,21,36H,1,9-11,13,15H2,2H3,(H2,31,37)(H,32,33,38). The lowest BCUT2D eigenvalue weighted by atomic mass is 9.82. The van der Waals surface area contributed by atoms with Gasteiger partial charge < -0.3 is 15.6 Å². The zero-order chi connectivity index (χ0) is 28.3. The highest BCUT2D eigenvalue weighted by molar-refractivity contribution is 6.00. The number of rotatable bonds is 8. The third kappa shape index (κ3) is 5.32. The fraction of sp³-hybridized carbons (Fsp3) is 0.296. The summed E-state index contributed by atoms with van der Waals surface area (Å²) in [5.41, 5.74) is 4.06. The summed E-state index contributed by atoms with van der Waals surface area (Å²) >= 11 is 0. The number of ether oxygens (including phenoxy) is 1. The Hall–Kier alpha value is -4.32. The smallest absolute Gasteiger partial charge is 0.412 e. The number of allylic oxidation sites excluding steroid dienone is 1. The lowest BCUT2D eigenvalue weighted by Gasteiger charge is -2.44. The number of piperidine rings is 1. The molecule has 12 heteroatoms. The Kier molecular flexibility index (Phi) is 7.95. The van der Waals surface area contributed by atoms with Gasteiger partial charge in [-0.1, -0.05) is 36.4 Å². The first kappa shape index (κ1) is 27.7. The van der Waals surface area contributed by atoms with Crippen molar-refractivity contribution in [3.8, 4) is 16.9 Å². The number of hydrogen-bond acceptors (Lipinski definition) is 6. The number of likely N-dealkylation sites (tertiary alicyclic amines) is 1. The minimum absolute atomic E-state index is 0.0154. The predicted octanol–water partition coefficient (Wildman–Crippen LogP) is 4.33. The Bertz CT molecular complexity index is 1400. The average molecular weight is 544 g/mol. The van der Waals surface area contributed by atoms with Gasteiger partial charge >= 0.3 is 6.09 Å². The number of nitrogens with zero attached hydrogens (tertiary/aromatic N) is 3. The Labute approximate surface area is 222 Å². The first-order valence-electron chi connectivity index (χ1n) is 12.1. The van der Waals surface area contributed by atoms with Crippen molar-refractivity contribution in [3.63, 3.8) is 0 Å². The van der Waals surface area contributed by atoms with Crippen LogP contribution in [0.1, 0.15) is 28.8 Å². The van der Waals surface area contributed by atoms with Crippen molar-refractivity contribution in [2.24, 2.45) is 5.73 Å². The molecule has 0 bridgehead atoms. The second-order valence-corrected chi connectivity index (χ2v) is 9.28. The molecule has 9 nitrogen and oxygen atoms in total. The number of methoxy groups -OCH3 is 1. The second kappa shape index (κ2) is 11.2. The molecule has 1 fully saturated rings. The van der Waals surface area contributed by atoms with Crippen molar-refractivity contribution in [1.82, 2.24) is 14.7 Å². The first-order chi connectivity index (χ1) is 18.6. The van der Waals surface area contributed by atoms with E-state index in [1.807, 2.05) is 0 Å². The van der Waals surface area contributed by atoms with E-state index in [1.165, 1.54) is 21.9 Å². The molecule has 1 aromatic heterocycles. The van der Waals surface area contributed by atoms with Crippen molar-refractivity contribution >= 4 is 17.8 Å². The monoisotopic (exact) mass is 543 g/mol. The molecular weight excluding hydrogens is 515 g/mol. The van der Waals surface area contributed by atoms with E-state index in [4.69, 9.17) is 5.73 Å². The van der Waals surface area contributed by atoms with Crippen molar-refractivity contribution < 1.29 is 32.6 Å². The van der Waals surface area contributed by atoms with Crippen molar-refractivity contribution in [3.05, 3.63) is 78.0 Å². The molecule has 2 heterocycles. The van der Waals surface area contributed by atoms with Gasteiger partial charge in [-0.25, -0.2) is 18.0 Å². The molecule has 2 aromatic carbocycles. The number of amides is 2. The normalized spacial score (nSPS) is 19.4. The Morgan fingerprint density at radius 3 is 2.67 bits per heavy atom. The number of halogens is 3. The van der Waals surface area contributed by atoms with Gasteiger partial charge in [0.05, 0.1) is 12.6 Å². The van der Waals surface area contributed by atoms with Crippen LogP contribution < -0.4 is 11.1 Å². The number of hydrogen-bond donors (Lipinski definition) is 3. The van der Waals surface area contributed by atoms with Gasteiger partial charge in [-0.05, 0) is 24.5 Å². The molecule has 0 spiro atoms. The molecule has 3 aromatic rings. The summed E-state index contributed by atoms with van der Waals surface area (Å²) in [6.45, 7) is 3.38. The van der Waals surface area contributed by atoms with E-state index in [0.29, 0.717) is 5.56 Å². The molecule has 2 unspecified atom stereocenters. The molecule has 1 saturated heterocycles. The molecule has 0 radical (unpaired) electrons. The summed E-state index contributed by atoms with van der Waals surface area (Å²) in [5.74, 6) is -3.74. The van der Waals surface area contributed by atoms with E-state index in [9.17, 15) is 14.7 Å². The zero-order valence-electron chi connectivity index (χ0n) is 21.2. The van der Waals surface area contributed by atoms with E-state index < -0.39 is 41.1 Å². The van der Waals surface area contributed by atoms with E-state index in [0.717, 1.165) is 13.2 Å².